The quantitative estimate of drug-likeness (QED) is 0.262. The SMILES string of the molecule is CC(=NNC(=O)CSc1nnc(-c2ccc(C)cc2)n1-c1ccccc1)c1cccnc1. The van der Waals surface area contributed by atoms with Crippen LogP contribution in [-0.4, -0.2) is 37.1 Å². The minimum Gasteiger partial charge on any atom is -0.272 e. The molecule has 0 bridgehead atoms. The number of aromatic nitrogens is 4. The van der Waals surface area contributed by atoms with Crippen LogP contribution < -0.4 is 5.43 Å². The van der Waals surface area contributed by atoms with Gasteiger partial charge in [-0.2, -0.15) is 5.10 Å². The molecule has 0 spiro atoms. The van der Waals surface area contributed by atoms with Gasteiger partial charge in [-0.05, 0) is 32.0 Å². The van der Waals surface area contributed by atoms with Crippen molar-refractivity contribution < 1.29 is 4.79 Å². The second kappa shape index (κ2) is 10.0. The van der Waals surface area contributed by atoms with Gasteiger partial charge in [0, 0.05) is 29.2 Å². The number of nitrogens with one attached hydrogen (secondary N) is 1. The van der Waals surface area contributed by atoms with Gasteiger partial charge in [0.1, 0.15) is 0 Å². The summed E-state index contributed by atoms with van der Waals surface area (Å²) in [5.74, 6) is 0.658. The van der Waals surface area contributed by atoms with Crippen molar-refractivity contribution in [1.82, 2.24) is 25.2 Å². The Morgan fingerprint density at radius 1 is 1.03 bits per heavy atom. The lowest BCUT2D eigenvalue weighted by Crippen LogP contribution is -2.21. The molecule has 0 radical (unpaired) electrons. The fourth-order valence-electron chi connectivity index (χ4n) is 3.01. The highest BCUT2D eigenvalue weighted by Crippen LogP contribution is 2.28. The van der Waals surface area contributed by atoms with E-state index in [-0.39, 0.29) is 11.7 Å². The van der Waals surface area contributed by atoms with Gasteiger partial charge in [-0.15, -0.1) is 10.2 Å². The molecule has 4 rings (SSSR count). The monoisotopic (exact) mass is 442 g/mol. The molecular formula is C24H22N6OS. The van der Waals surface area contributed by atoms with Crippen LogP contribution in [-0.2, 0) is 4.79 Å². The molecule has 0 atom stereocenters. The molecule has 0 saturated heterocycles. The van der Waals surface area contributed by atoms with Crippen LogP contribution >= 0.6 is 11.8 Å². The van der Waals surface area contributed by atoms with Gasteiger partial charge in [0.2, 0.25) is 0 Å². The van der Waals surface area contributed by atoms with Crippen molar-refractivity contribution in [2.75, 3.05) is 5.75 Å². The first-order valence-corrected chi connectivity index (χ1v) is 11.0. The first-order valence-electron chi connectivity index (χ1n) is 10.1. The number of para-hydroxylation sites is 1. The summed E-state index contributed by atoms with van der Waals surface area (Å²) < 4.78 is 1.97. The maximum absolute atomic E-state index is 12.4. The van der Waals surface area contributed by atoms with Crippen molar-refractivity contribution in [3.8, 4) is 17.1 Å². The van der Waals surface area contributed by atoms with Crippen LogP contribution in [0, 0.1) is 6.92 Å². The number of pyridine rings is 1. The van der Waals surface area contributed by atoms with Gasteiger partial charge in [-0.3, -0.25) is 14.3 Å². The molecule has 0 aliphatic rings. The minimum absolute atomic E-state index is 0.155. The highest BCUT2D eigenvalue weighted by atomic mass is 32.2. The van der Waals surface area contributed by atoms with Crippen LogP contribution in [0.25, 0.3) is 17.1 Å². The molecule has 2 aromatic heterocycles. The summed E-state index contributed by atoms with van der Waals surface area (Å²) in [5, 5.41) is 13.6. The molecule has 8 heteroatoms. The summed E-state index contributed by atoms with van der Waals surface area (Å²) in [6, 6.07) is 21.7. The number of amides is 1. The van der Waals surface area contributed by atoms with E-state index in [4.69, 9.17) is 0 Å². The van der Waals surface area contributed by atoms with E-state index in [1.165, 1.54) is 17.3 Å². The number of nitrogens with zero attached hydrogens (tertiary/aromatic N) is 5. The van der Waals surface area contributed by atoms with Gasteiger partial charge in [-0.1, -0.05) is 65.9 Å². The number of thioether (sulfide) groups is 1. The number of benzene rings is 2. The third-order valence-corrected chi connectivity index (χ3v) is 5.65. The third kappa shape index (κ3) is 5.09. The van der Waals surface area contributed by atoms with Crippen molar-refractivity contribution in [3.05, 3.63) is 90.3 Å². The van der Waals surface area contributed by atoms with Crippen molar-refractivity contribution in [1.29, 1.82) is 0 Å². The molecule has 0 fully saturated rings. The number of hydrazone groups is 1. The molecule has 2 aromatic carbocycles. The fraction of sp³-hybridized carbons (Fsp3) is 0.125. The molecule has 32 heavy (non-hydrogen) atoms. The Hall–Kier alpha value is -3.78. The van der Waals surface area contributed by atoms with E-state index in [1.807, 2.05) is 85.1 Å². The molecule has 0 aliphatic carbocycles. The maximum Gasteiger partial charge on any atom is 0.250 e. The van der Waals surface area contributed by atoms with Gasteiger partial charge >= 0.3 is 0 Å². The lowest BCUT2D eigenvalue weighted by molar-refractivity contribution is -0.118. The van der Waals surface area contributed by atoms with Crippen molar-refractivity contribution in [2.45, 2.75) is 19.0 Å². The second-order valence-electron chi connectivity index (χ2n) is 7.11. The Morgan fingerprint density at radius 3 is 2.53 bits per heavy atom. The predicted molar refractivity (Wildman–Crippen MR) is 127 cm³/mol. The molecule has 160 valence electrons. The van der Waals surface area contributed by atoms with Gasteiger partial charge in [-0.25, -0.2) is 5.43 Å². The zero-order valence-electron chi connectivity index (χ0n) is 17.8. The zero-order valence-corrected chi connectivity index (χ0v) is 18.6. The van der Waals surface area contributed by atoms with Crippen LogP contribution in [0.15, 0.2) is 89.4 Å². The fourth-order valence-corrected chi connectivity index (χ4v) is 3.76. The van der Waals surface area contributed by atoms with Crippen LogP contribution in [0.2, 0.25) is 0 Å². The lowest BCUT2D eigenvalue weighted by atomic mass is 10.1. The average Bonchev–Trinajstić information content (AvgIpc) is 3.26. The summed E-state index contributed by atoms with van der Waals surface area (Å²) in [6.45, 7) is 3.87. The zero-order chi connectivity index (χ0) is 22.3. The van der Waals surface area contributed by atoms with E-state index in [2.05, 4.69) is 25.7 Å². The highest BCUT2D eigenvalue weighted by Gasteiger charge is 2.17. The van der Waals surface area contributed by atoms with E-state index in [0.29, 0.717) is 10.9 Å². The van der Waals surface area contributed by atoms with Crippen LogP contribution in [0.1, 0.15) is 18.1 Å². The summed E-state index contributed by atoms with van der Waals surface area (Å²) in [5.41, 5.74) is 7.20. The summed E-state index contributed by atoms with van der Waals surface area (Å²) >= 11 is 1.31. The van der Waals surface area contributed by atoms with E-state index in [0.717, 1.165) is 22.6 Å². The number of aryl methyl sites for hydroxylation is 1. The van der Waals surface area contributed by atoms with E-state index in [1.54, 1.807) is 12.4 Å². The molecule has 0 aliphatic heterocycles. The van der Waals surface area contributed by atoms with E-state index >= 15 is 0 Å². The lowest BCUT2D eigenvalue weighted by Gasteiger charge is -2.10. The van der Waals surface area contributed by atoms with E-state index < -0.39 is 0 Å². The van der Waals surface area contributed by atoms with Crippen LogP contribution in [0.3, 0.4) is 0 Å². The molecule has 7 nitrogen and oxygen atoms in total. The summed E-state index contributed by atoms with van der Waals surface area (Å²) in [6.07, 6.45) is 3.40. The summed E-state index contributed by atoms with van der Waals surface area (Å²) in [4.78, 5) is 16.5. The first kappa shape index (κ1) is 21.5. The van der Waals surface area contributed by atoms with Crippen LogP contribution in [0.5, 0.6) is 0 Å². The van der Waals surface area contributed by atoms with Gasteiger partial charge in [0.25, 0.3) is 5.91 Å². The molecule has 1 amide bonds. The molecular weight excluding hydrogens is 420 g/mol. The minimum atomic E-state index is -0.224. The number of carbonyl (C=O) groups is 1. The van der Waals surface area contributed by atoms with Crippen molar-refractivity contribution >= 4 is 23.4 Å². The molecule has 4 aromatic rings. The third-order valence-electron chi connectivity index (χ3n) is 4.72. The Morgan fingerprint density at radius 2 is 1.81 bits per heavy atom. The topological polar surface area (TPSA) is 85.1 Å². The number of rotatable bonds is 7. The maximum atomic E-state index is 12.4. The Kier molecular flexibility index (Phi) is 6.72. The Balaban J connectivity index is 1.52. The Bertz CT molecular complexity index is 1220. The highest BCUT2D eigenvalue weighted by molar-refractivity contribution is 7.99. The first-order chi connectivity index (χ1) is 15.6. The van der Waals surface area contributed by atoms with Gasteiger partial charge in [0.05, 0.1) is 11.5 Å². The van der Waals surface area contributed by atoms with Crippen molar-refractivity contribution in [2.24, 2.45) is 5.10 Å². The average molecular weight is 443 g/mol. The molecule has 0 unspecified atom stereocenters. The number of hydrogen-bond donors (Lipinski definition) is 1. The smallest absolute Gasteiger partial charge is 0.250 e. The summed E-state index contributed by atoms with van der Waals surface area (Å²) in [7, 11) is 0. The molecule has 1 N–H and O–H groups in total. The predicted octanol–water partition coefficient (Wildman–Crippen LogP) is 4.27. The van der Waals surface area contributed by atoms with Gasteiger partial charge < -0.3 is 0 Å². The normalized spacial score (nSPS) is 11.4. The largest absolute Gasteiger partial charge is 0.272 e. The standard InChI is InChI=1S/C24H22N6OS/c1-17-10-12-19(13-11-17)23-28-29-24(30(23)21-8-4-3-5-9-21)32-16-22(31)27-26-18(2)20-7-6-14-25-15-20/h3-15H,16H2,1-2H3,(H,27,31). The van der Waals surface area contributed by atoms with Crippen LogP contribution in [0.4, 0.5) is 0 Å². The number of carbonyl (C=O) groups excluding carboxylic acids is 1. The van der Waals surface area contributed by atoms with Gasteiger partial charge in [0.15, 0.2) is 11.0 Å². The molecule has 2 heterocycles. The second-order valence-corrected chi connectivity index (χ2v) is 8.05. The van der Waals surface area contributed by atoms with Crippen molar-refractivity contribution in [3.63, 3.8) is 0 Å². The molecule has 0 saturated carbocycles. The number of hydrogen-bond acceptors (Lipinski definition) is 6. The van der Waals surface area contributed by atoms with E-state index in [9.17, 15) is 4.79 Å². The Labute approximate surface area is 190 Å².